The number of carbonyl (C=O) groups is 1. The summed E-state index contributed by atoms with van der Waals surface area (Å²) >= 11 is 1.31. The summed E-state index contributed by atoms with van der Waals surface area (Å²) in [5.41, 5.74) is 0.661. The Kier molecular flexibility index (Phi) is 8.06. The number of aryl methyl sites for hydroxylation is 1. The number of ether oxygens (including phenoxy) is 2. The van der Waals surface area contributed by atoms with E-state index in [1.165, 1.54) is 11.3 Å². The second-order valence-electron chi connectivity index (χ2n) is 7.17. The van der Waals surface area contributed by atoms with Gasteiger partial charge in [0, 0.05) is 32.1 Å². The normalized spacial score (nSPS) is 11.5. The van der Waals surface area contributed by atoms with Gasteiger partial charge in [0.15, 0.2) is 5.75 Å². The Hall–Kier alpha value is -2.42. The van der Waals surface area contributed by atoms with Crippen LogP contribution in [0.5, 0.6) is 5.75 Å². The van der Waals surface area contributed by atoms with E-state index in [1.807, 2.05) is 31.2 Å². The molecule has 0 aliphatic carbocycles. The second kappa shape index (κ2) is 10.7. The summed E-state index contributed by atoms with van der Waals surface area (Å²) in [6.07, 6.45) is 0. The predicted molar refractivity (Wildman–Crippen MR) is 127 cm³/mol. The van der Waals surface area contributed by atoms with Crippen molar-refractivity contribution >= 4 is 38.2 Å². The molecule has 31 heavy (non-hydrogen) atoms. The van der Waals surface area contributed by atoms with E-state index in [1.54, 1.807) is 11.6 Å². The van der Waals surface area contributed by atoms with E-state index in [4.69, 9.17) is 9.47 Å². The molecule has 0 bridgehead atoms. The molecule has 0 radical (unpaired) electrons. The van der Waals surface area contributed by atoms with Gasteiger partial charge in [-0.05, 0) is 26.1 Å². The van der Waals surface area contributed by atoms with Gasteiger partial charge in [-0.3, -0.25) is 9.59 Å². The van der Waals surface area contributed by atoms with Gasteiger partial charge in [0.2, 0.25) is 0 Å². The van der Waals surface area contributed by atoms with Crippen LogP contribution in [0.1, 0.15) is 30.4 Å². The van der Waals surface area contributed by atoms with Crippen LogP contribution in [0.4, 0.5) is 0 Å². The zero-order chi connectivity index (χ0) is 22.4. The van der Waals surface area contributed by atoms with Crippen LogP contribution < -0.4 is 15.6 Å². The van der Waals surface area contributed by atoms with Crippen LogP contribution in [0.2, 0.25) is 0 Å². The maximum absolute atomic E-state index is 13.2. The molecule has 7 nitrogen and oxygen atoms in total. The number of fused-ring (bicyclic) bond motifs is 3. The van der Waals surface area contributed by atoms with Crippen LogP contribution in [0, 0.1) is 0 Å². The van der Waals surface area contributed by atoms with Gasteiger partial charge in [-0.15, -0.1) is 11.3 Å². The first-order valence-electron chi connectivity index (χ1n) is 10.8. The fourth-order valence-corrected chi connectivity index (χ4v) is 4.80. The third-order valence-electron chi connectivity index (χ3n) is 5.39. The maximum atomic E-state index is 13.2. The van der Waals surface area contributed by atoms with Gasteiger partial charge in [-0.25, -0.2) is 0 Å². The first kappa shape index (κ1) is 23.2. The number of aromatic nitrogens is 1. The molecule has 0 saturated heterocycles. The first-order chi connectivity index (χ1) is 15.0. The van der Waals surface area contributed by atoms with Crippen molar-refractivity contribution in [3.63, 3.8) is 0 Å². The number of nitrogens with one attached hydrogen (secondary N) is 1. The molecule has 8 heteroatoms. The summed E-state index contributed by atoms with van der Waals surface area (Å²) in [5.74, 6) is 0.136. The number of amides is 1. The van der Waals surface area contributed by atoms with Crippen molar-refractivity contribution < 1.29 is 14.3 Å². The van der Waals surface area contributed by atoms with E-state index in [0.29, 0.717) is 35.8 Å². The third-order valence-corrected chi connectivity index (χ3v) is 6.59. The van der Waals surface area contributed by atoms with Gasteiger partial charge in [-0.2, -0.15) is 0 Å². The van der Waals surface area contributed by atoms with Gasteiger partial charge in [-0.1, -0.05) is 32.0 Å². The first-order valence-corrected chi connectivity index (χ1v) is 11.6. The maximum Gasteiger partial charge on any atom is 0.265 e. The molecule has 0 unspecified atom stereocenters. The molecule has 1 N–H and O–H groups in total. The molecule has 0 fully saturated rings. The summed E-state index contributed by atoms with van der Waals surface area (Å²) in [5, 5.41) is 4.38. The minimum atomic E-state index is -0.217. The Morgan fingerprint density at radius 3 is 2.61 bits per heavy atom. The highest BCUT2D eigenvalue weighted by atomic mass is 32.1. The van der Waals surface area contributed by atoms with E-state index in [-0.39, 0.29) is 18.1 Å². The van der Waals surface area contributed by atoms with Crippen LogP contribution in [0.25, 0.3) is 21.0 Å². The molecule has 168 valence electrons. The van der Waals surface area contributed by atoms with Crippen molar-refractivity contribution in [3.05, 3.63) is 39.5 Å². The van der Waals surface area contributed by atoms with E-state index < -0.39 is 0 Å². The number of nitrogens with zero attached hydrogens (tertiary/aromatic N) is 2. The average Bonchev–Trinajstić information content (AvgIpc) is 3.18. The number of benzene rings is 1. The van der Waals surface area contributed by atoms with Crippen LogP contribution in [0.15, 0.2) is 29.1 Å². The fraction of sp³-hybridized carbons (Fsp3) is 0.478. The molecule has 2 heterocycles. The minimum Gasteiger partial charge on any atom is -0.489 e. The highest BCUT2D eigenvalue weighted by molar-refractivity contribution is 7.22. The van der Waals surface area contributed by atoms with Gasteiger partial charge in [0.1, 0.15) is 16.9 Å². The topological polar surface area (TPSA) is 72.8 Å². The van der Waals surface area contributed by atoms with Gasteiger partial charge in [0.25, 0.3) is 11.5 Å². The summed E-state index contributed by atoms with van der Waals surface area (Å²) in [7, 11) is 1.75. The van der Waals surface area contributed by atoms with Crippen LogP contribution >= 0.6 is 11.3 Å². The Morgan fingerprint density at radius 1 is 1.16 bits per heavy atom. The highest BCUT2D eigenvalue weighted by Crippen LogP contribution is 2.39. The standard InChI is InChI=1S/C23H31N3O4S/c1-5-26(6-2)13-12-24-22(27)21-19(30-15-14-29-7-3)18-20(31-21)16-10-8-9-11-17(16)25(4)23(18)28/h8-11H,5-7,12-15H2,1-4H3,(H,24,27). The number of likely N-dealkylation sites (N-methyl/N-ethyl adjacent to an activating group) is 1. The van der Waals surface area contributed by atoms with E-state index >= 15 is 0 Å². The molecule has 2 aromatic heterocycles. The molecule has 0 aliphatic rings. The lowest BCUT2D eigenvalue weighted by Crippen LogP contribution is -2.34. The Bertz CT molecular complexity index is 1100. The van der Waals surface area contributed by atoms with Crippen molar-refractivity contribution in [2.24, 2.45) is 7.05 Å². The highest BCUT2D eigenvalue weighted by Gasteiger charge is 2.24. The number of pyridine rings is 1. The second-order valence-corrected chi connectivity index (χ2v) is 8.19. The largest absolute Gasteiger partial charge is 0.489 e. The van der Waals surface area contributed by atoms with Crippen molar-refractivity contribution in [1.29, 1.82) is 0 Å². The van der Waals surface area contributed by atoms with E-state index in [9.17, 15) is 9.59 Å². The Balaban J connectivity index is 2.02. The van der Waals surface area contributed by atoms with Gasteiger partial charge in [0.05, 0.1) is 16.8 Å². The molecule has 0 spiro atoms. The average molecular weight is 446 g/mol. The van der Waals surface area contributed by atoms with E-state index in [0.717, 1.165) is 35.2 Å². The zero-order valence-electron chi connectivity index (χ0n) is 18.7. The van der Waals surface area contributed by atoms with Gasteiger partial charge < -0.3 is 24.3 Å². The van der Waals surface area contributed by atoms with E-state index in [2.05, 4.69) is 24.1 Å². The number of thiophene rings is 1. The SMILES string of the molecule is CCOCCOc1c(C(=O)NCCN(CC)CC)sc2c1c(=O)n(C)c1ccccc21. The predicted octanol–water partition coefficient (Wildman–Crippen LogP) is 3.24. The molecule has 0 saturated carbocycles. The lowest BCUT2D eigenvalue weighted by atomic mass is 10.1. The monoisotopic (exact) mass is 445 g/mol. The number of rotatable bonds is 11. The number of carbonyl (C=O) groups excluding carboxylic acids is 1. The quantitative estimate of drug-likeness (QED) is 0.459. The number of hydrogen-bond acceptors (Lipinski definition) is 6. The Morgan fingerprint density at radius 2 is 1.90 bits per heavy atom. The van der Waals surface area contributed by atoms with Crippen molar-refractivity contribution in [2.75, 3.05) is 46.0 Å². The lowest BCUT2D eigenvalue weighted by molar-refractivity contribution is 0.0938. The van der Waals surface area contributed by atoms with Crippen LogP contribution in [-0.4, -0.2) is 61.4 Å². The molecular formula is C23H31N3O4S. The summed E-state index contributed by atoms with van der Waals surface area (Å²) in [6, 6.07) is 7.72. The Labute approximate surface area is 186 Å². The summed E-state index contributed by atoms with van der Waals surface area (Å²) in [6.45, 7) is 10.5. The van der Waals surface area contributed by atoms with Crippen molar-refractivity contribution in [1.82, 2.24) is 14.8 Å². The van der Waals surface area contributed by atoms with Crippen LogP contribution in [0.3, 0.4) is 0 Å². The molecule has 1 amide bonds. The smallest absolute Gasteiger partial charge is 0.265 e. The minimum absolute atomic E-state index is 0.168. The van der Waals surface area contributed by atoms with Crippen molar-refractivity contribution in [2.45, 2.75) is 20.8 Å². The fourth-order valence-electron chi connectivity index (χ4n) is 3.62. The lowest BCUT2D eigenvalue weighted by Gasteiger charge is -2.17. The number of hydrogen-bond donors (Lipinski definition) is 1. The van der Waals surface area contributed by atoms with Crippen molar-refractivity contribution in [3.8, 4) is 5.75 Å². The summed E-state index contributed by atoms with van der Waals surface area (Å²) in [4.78, 5) is 28.9. The third kappa shape index (κ3) is 4.92. The molecular weight excluding hydrogens is 414 g/mol. The summed E-state index contributed by atoms with van der Waals surface area (Å²) < 4.78 is 13.7. The zero-order valence-corrected chi connectivity index (χ0v) is 19.5. The van der Waals surface area contributed by atoms with Crippen LogP contribution in [-0.2, 0) is 11.8 Å². The number of para-hydroxylation sites is 1. The molecule has 3 rings (SSSR count). The molecule has 0 atom stereocenters. The molecule has 3 aromatic rings. The molecule has 0 aliphatic heterocycles. The molecule has 1 aromatic carbocycles. The van der Waals surface area contributed by atoms with Gasteiger partial charge >= 0.3 is 0 Å².